The Morgan fingerprint density at radius 3 is 2.63 bits per heavy atom. The Hall–Kier alpha value is -3.63. The normalized spacial score (nSPS) is 33.1. The largest absolute Gasteiger partial charge is 0.482 e. The smallest absolute Gasteiger partial charge is 0.345 e. The van der Waals surface area contributed by atoms with E-state index in [1.807, 2.05) is 25.3 Å². The number of ether oxygens (including phenoxy) is 3. The molecule has 2 aromatic heterocycles. The molecule has 0 radical (unpaired) electrons. The lowest BCUT2D eigenvalue weighted by Gasteiger charge is -2.66. The van der Waals surface area contributed by atoms with Crippen LogP contribution in [0.1, 0.15) is 75.9 Å². The molecule has 3 aliphatic rings. The first-order chi connectivity index (χ1) is 21.8. The Morgan fingerprint density at radius 2 is 1.93 bits per heavy atom. The molecule has 8 atom stereocenters. The molecule has 0 saturated heterocycles. The Balaban J connectivity index is 1.49. The van der Waals surface area contributed by atoms with Gasteiger partial charge in [-0.25, -0.2) is 9.59 Å². The van der Waals surface area contributed by atoms with Crippen LogP contribution in [0.15, 0.2) is 69.0 Å². The van der Waals surface area contributed by atoms with Gasteiger partial charge in [-0.15, -0.1) is 11.8 Å². The van der Waals surface area contributed by atoms with Crippen LogP contribution in [0.5, 0.6) is 5.75 Å². The third-order valence-electron chi connectivity index (χ3n) is 11.2. The number of nitrogens with zero attached hydrogens (tertiary/aromatic N) is 1. The van der Waals surface area contributed by atoms with Crippen LogP contribution in [0.25, 0.3) is 11.3 Å². The van der Waals surface area contributed by atoms with Gasteiger partial charge in [-0.2, -0.15) is 0 Å². The third-order valence-corrected chi connectivity index (χ3v) is 12.0. The lowest BCUT2D eigenvalue weighted by atomic mass is 9.41. The summed E-state index contributed by atoms with van der Waals surface area (Å²) in [4.78, 5) is 44.5. The summed E-state index contributed by atoms with van der Waals surface area (Å²) in [7, 11) is 0. The van der Waals surface area contributed by atoms with Crippen molar-refractivity contribution in [3.63, 3.8) is 0 Å². The fourth-order valence-corrected chi connectivity index (χ4v) is 9.10. The van der Waals surface area contributed by atoms with Gasteiger partial charge in [0.1, 0.15) is 28.8 Å². The van der Waals surface area contributed by atoms with Crippen LogP contribution >= 0.6 is 11.8 Å². The van der Waals surface area contributed by atoms with E-state index in [0.29, 0.717) is 17.5 Å². The highest BCUT2D eigenvalue weighted by Gasteiger charge is 2.70. The van der Waals surface area contributed by atoms with Crippen molar-refractivity contribution >= 4 is 23.7 Å². The monoisotopic (exact) mass is 647 g/mol. The maximum absolute atomic E-state index is 13.8. The van der Waals surface area contributed by atoms with Gasteiger partial charge in [-0.05, 0) is 80.0 Å². The van der Waals surface area contributed by atoms with E-state index in [4.69, 9.17) is 18.6 Å². The molecule has 0 amide bonds. The second kappa shape index (κ2) is 11.9. The van der Waals surface area contributed by atoms with E-state index in [1.165, 1.54) is 18.7 Å². The molecule has 3 aromatic rings. The highest BCUT2D eigenvalue weighted by molar-refractivity contribution is 7.98. The van der Waals surface area contributed by atoms with E-state index >= 15 is 0 Å². The van der Waals surface area contributed by atoms with E-state index in [0.717, 1.165) is 17.7 Å². The summed E-state index contributed by atoms with van der Waals surface area (Å²) in [5, 5.41) is 12.3. The number of fused-ring (bicyclic) bond motifs is 4. The number of rotatable bonds is 6. The molecule has 1 N–H and O–H groups in total. The molecule has 6 rings (SSSR count). The van der Waals surface area contributed by atoms with E-state index in [2.05, 4.69) is 25.8 Å². The average Bonchev–Trinajstić information content (AvgIpc) is 3.03. The van der Waals surface area contributed by atoms with Gasteiger partial charge in [0.05, 0.1) is 18.3 Å². The summed E-state index contributed by atoms with van der Waals surface area (Å²) in [6, 6.07) is 12.4. The van der Waals surface area contributed by atoms with E-state index in [1.54, 1.807) is 42.7 Å². The lowest BCUT2D eigenvalue weighted by molar-refractivity contribution is -0.257. The molecule has 3 unspecified atom stereocenters. The molecule has 0 spiro atoms. The Labute approximate surface area is 273 Å². The zero-order valence-corrected chi connectivity index (χ0v) is 27.9. The van der Waals surface area contributed by atoms with Gasteiger partial charge >= 0.3 is 17.6 Å². The number of hydrogen-bond donors (Lipinski definition) is 1. The van der Waals surface area contributed by atoms with Gasteiger partial charge in [-0.1, -0.05) is 26.8 Å². The molecule has 2 saturated carbocycles. The molecule has 244 valence electrons. The maximum atomic E-state index is 13.8. The number of aliphatic hydroxyl groups is 1. The quantitative estimate of drug-likeness (QED) is 0.235. The summed E-state index contributed by atoms with van der Waals surface area (Å²) in [5.74, 6) is -1.05. The summed E-state index contributed by atoms with van der Waals surface area (Å²) in [6.45, 7) is 9.86. The molecule has 2 fully saturated rings. The molecule has 1 aromatic carbocycles. The van der Waals surface area contributed by atoms with Gasteiger partial charge in [0, 0.05) is 47.2 Å². The minimum absolute atomic E-state index is 0.0510. The summed E-state index contributed by atoms with van der Waals surface area (Å²) in [5.41, 5.74) is -1.94. The van der Waals surface area contributed by atoms with Gasteiger partial charge in [0.15, 0.2) is 0 Å². The number of carbonyl (C=O) groups excluding carboxylic acids is 2. The number of esters is 2. The summed E-state index contributed by atoms with van der Waals surface area (Å²) in [6.07, 6.45) is 5.04. The molecule has 3 heterocycles. The predicted molar refractivity (Wildman–Crippen MR) is 172 cm³/mol. The number of carbonyl (C=O) groups is 2. The zero-order valence-electron chi connectivity index (χ0n) is 27.1. The lowest BCUT2D eigenvalue weighted by Crippen LogP contribution is -2.70. The number of benzene rings is 1. The number of hydrogen-bond acceptors (Lipinski definition) is 10. The van der Waals surface area contributed by atoms with Gasteiger partial charge < -0.3 is 23.7 Å². The first-order valence-electron chi connectivity index (χ1n) is 15.8. The highest BCUT2D eigenvalue weighted by atomic mass is 32.2. The molecule has 46 heavy (non-hydrogen) atoms. The van der Waals surface area contributed by atoms with Gasteiger partial charge in [-0.3, -0.25) is 9.78 Å². The van der Waals surface area contributed by atoms with Crippen LogP contribution in [0.4, 0.5) is 0 Å². The fraction of sp³-hybridized carbons (Fsp3) is 0.500. The van der Waals surface area contributed by atoms with E-state index in [9.17, 15) is 19.5 Å². The Bertz CT molecular complexity index is 1710. The molecular formula is C36H41NO8S. The first kappa shape index (κ1) is 32.3. The van der Waals surface area contributed by atoms with Crippen molar-refractivity contribution in [2.45, 2.75) is 76.6 Å². The van der Waals surface area contributed by atoms with Crippen LogP contribution in [0, 0.1) is 28.6 Å². The van der Waals surface area contributed by atoms with Crippen molar-refractivity contribution in [3.8, 4) is 17.1 Å². The highest BCUT2D eigenvalue weighted by Crippen LogP contribution is 2.68. The fourth-order valence-electron chi connectivity index (χ4n) is 8.64. The number of pyridine rings is 1. The molecule has 2 aliphatic carbocycles. The SMILES string of the molecule is CSc1cccc(C(=O)O[C@H]2CC3C(C)(COC(C)=O)[C@@H](C)CC[C@]3(C)C3[C@@H](O)c4c(cc(-c5cccnc5)oc4=O)O[C@@]32C)c1. The Morgan fingerprint density at radius 1 is 1.15 bits per heavy atom. The first-order valence-corrected chi connectivity index (χ1v) is 17.0. The zero-order chi connectivity index (χ0) is 33.0. The van der Waals surface area contributed by atoms with Crippen LogP contribution in [0.3, 0.4) is 0 Å². The predicted octanol–water partition coefficient (Wildman–Crippen LogP) is 6.48. The summed E-state index contributed by atoms with van der Waals surface area (Å²) >= 11 is 1.53. The molecule has 1 aliphatic heterocycles. The van der Waals surface area contributed by atoms with Gasteiger partial charge in [0.2, 0.25) is 0 Å². The molecule has 0 bridgehead atoms. The van der Waals surface area contributed by atoms with Crippen molar-refractivity contribution in [3.05, 3.63) is 76.4 Å². The molecule has 9 nitrogen and oxygen atoms in total. The maximum Gasteiger partial charge on any atom is 0.345 e. The van der Waals surface area contributed by atoms with Crippen molar-refractivity contribution < 1.29 is 33.3 Å². The average molecular weight is 648 g/mol. The standard InChI is InChI=1S/C36H41NO8S/c1-20-12-13-34(3)27(35(20,4)19-42-21(2)38)17-28(44-32(40)22-9-7-11-24(15-22)46-6)36(5)31(34)30(39)29-26(45-36)16-25(43-33(29)41)23-10-8-14-37-18-23/h7-11,14-16,18,20,27-28,30-31,39H,12-13,17,19H2,1-6H3/t20-,27?,28-,30-,31?,34-,35?,36+/m0/s1. The minimum atomic E-state index is -1.27. The number of thioether (sulfide) groups is 1. The summed E-state index contributed by atoms with van der Waals surface area (Å²) < 4.78 is 24.6. The topological polar surface area (TPSA) is 125 Å². The van der Waals surface area contributed by atoms with Gasteiger partial charge in [0.25, 0.3) is 0 Å². The van der Waals surface area contributed by atoms with E-state index in [-0.39, 0.29) is 41.5 Å². The van der Waals surface area contributed by atoms with Crippen molar-refractivity contribution in [1.29, 1.82) is 0 Å². The van der Waals surface area contributed by atoms with Crippen LogP contribution in [-0.4, -0.2) is 46.6 Å². The minimum Gasteiger partial charge on any atom is -0.482 e. The second-order valence-corrected chi connectivity index (χ2v) is 14.7. The second-order valence-electron chi connectivity index (χ2n) is 13.8. The van der Waals surface area contributed by atoms with Crippen molar-refractivity contribution in [2.24, 2.45) is 28.6 Å². The Kier molecular flexibility index (Phi) is 8.34. The van der Waals surface area contributed by atoms with Crippen molar-refractivity contribution in [1.82, 2.24) is 4.98 Å². The molecule has 10 heteroatoms. The number of aromatic nitrogens is 1. The van der Waals surface area contributed by atoms with Crippen molar-refractivity contribution in [2.75, 3.05) is 12.9 Å². The molecular weight excluding hydrogens is 606 g/mol. The van der Waals surface area contributed by atoms with E-state index < -0.39 is 46.2 Å². The number of aliphatic hydroxyl groups excluding tert-OH is 1. The third kappa shape index (κ3) is 5.23. The van der Waals surface area contributed by atoms with Crippen LogP contribution < -0.4 is 10.4 Å². The van der Waals surface area contributed by atoms with Crippen LogP contribution in [-0.2, 0) is 14.3 Å². The van der Waals surface area contributed by atoms with Crippen LogP contribution in [0.2, 0.25) is 0 Å².